The molecule has 0 unspecified atom stereocenters. The molecule has 2 aromatic heterocycles. The van der Waals surface area contributed by atoms with Crippen molar-refractivity contribution in [3.05, 3.63) is 82.7 Å². The number of fused-ring (bicyclic) bond motifs is 1. The molecule has 13 nitrogen and oxygen atoms in total. The fraction of sp³-hybridized carbons (Fsp3) is 0.259. The van der Waals surface area contributed by atoms with Crippen molar-refractivity contribution in [3.63, 3.8) is 0 Å². The van der Waals surface area contributed by atoms with Gasteiger partial charge in [-0.05, 0) is 36.4 Å². The number of amides is 1. The van der Waals surface area contributed by atoms with Gasteiger partial charge in [-0.15, -0.1) is 0 Å². The molecule has 4 heterocycles. The first-order chi connectivity index (χ1) is 19.8. The molecule has 2 aromatic carbocycles. The molecule has 0 atom stereocenters. The number of likely N-dealkylation sites (tertiary alicyclic amines) is 1. The Morgan fingerprint density at radius 2 is 1.98 bits per heavy atom. The minimum Gasteiger partial charge on any atom is -0.455 e. The number of aromatic amines is 1. The maximum atomic E-state index is 13.1. The largest absolute Gasteiger partial charge is 0.455 e. The number of pyridine rings is 1. The van der Waals surface area contributed by atoms with Crippen LogP contribution in [0.1, 0.15) is 10.4 Å². The predicted octanol–water partition coefficient (Wildman–Crippen LogP) is 3.12. The van der Waals surface area contributed by atoms with Gasteiger partial charge in [0.2, 0.25) is 0 Å². The lowest BCUT2D eigenvalue weighted by molar-refractivity contribution is -0.384. The molecule has 14 heteroatoms. The minimum atomic E-state index is -4.45. The third kappa shape index (κ3) is 5.57. The Bertz CT molecular complexity index is 1730. The molecule has 3 N–H and O–H groups in total. The van der Waals surface area contributed by atoms with Crippen LogP contribution in [0.15, 0.2) is 71.9 Å². The number of para-hydroxylation sites is 1. The number of carbonyl (C=O) groups excluding carboxylic acids is 1. The molecule has 212 valence electrons. The number of anilines is 1. The van der Waals surface area contributed by atoms with Crippen molar-refractivity contribution in [1.29, 1.82) is 0 Å². The number of benzene rings is 2. The Balaban J connectivity index is 1.15. The van der Waals surface area contributed by atoms with Gasteiger partial charge < -0.3 is 19.8 Å². The number of nitro groups is 1. The molecule has 0 aliphatic carbocycles. The number of hydrogen-bond donors (Lipinski definition) is 3. The monoisotopic (exact) mass is 578 g/mol. The van der Waals surface area contributed by atoms with Gasteiger partial charge in [-0.1, -0.05) is 12.1 Å². The van der Waals surface area contributed by atoms with Crippen molar-refractivity contribution >= 4 is 38.3 Å². The maximum Gasteiger partial charge on any atom is 0.293 e. The van der Waals surface area contributed by atoms with E-state index >= 15 is 0 Å². The lowest BCUT2D eigenvalue weighted by Crippen LogP contribution is -2.60. The van der Waals surface area contributed by atoms with Crippen molar-refractivity contribution in [2.45, 2.75) is 10.9 Å². The van der Waals surface area contributed by atoms with Gasteiger partial charge in [0.25, 0.3) is 21.6 Å². The molecule has 0 saturated carbocycles. The predicted molar refractivity (Wildman–Crippen MR) is 149 cm³/mol. The van der Waals surface area contributed by atoms with Gasteiger partial charge in [0.15, 0.2) is 0 Å². The van der Waals surface area contributed by atoms with Crippen LogP contribution in [-0.4, -0.2) is 73.0 Å². The highest BCUT2D eigenvalue weighted by atomic mass is 32.2. The van der Waals surface area contributed by atoms with E-state index in [9.17, 15) is 23.3 Å². The Hall–Kier alpha value is -4.53. The van der Waals surface area contributed by atoms with E-state index < -0.39 is 31.4 Å². The topological polar surface area (TPSA) is 169 Å². The summed E-state index contributed by atoms with van der Waals surface area (Å²) < 4.78 is 39.2. The van der Waals surface area contributed by atoms with E-state index in [4.69, 9.17) is 9.47 Å². The Labute approximate surface area is 234 Å². The fourth-order valence-electron chi connectivity index (χ4n) is 4.79. The molecule has 0 bridgehead atoms. The number of ether oxygens (including phenoxy) is 2. The molecule has 2 aliphatic rings. The average molecular weight is 579 g/mol. The van der Waals surface area contributed by atoms with Crippen molar-refractivity contribution in [1.82, 2.24) is 19.6 Å². The third-order valence-corrected chi connectivity index (χ3v) is 8.47. The second-order valence-electron chi connectivity index (χ2n) is 9.95. The van der Waals surface area contributed by atoms with Gasteiger partial charge >= 0.3 is 0 Å². The fourth-order valence-corrected chi connectivity index (χ4v) is 5.77. The molecule has 0 spiro atoms. The number of nitrogens with one attached hydrogen (secondary N) is 3. The van der Waals surface area contributed by atoms with Crippen LogP contribution in [0.2, 0.25) is 0 Å². The van der Waals surface area contributed by atoms with Crippen LogP contribution in [0.3, 0.4) is 0 Å². The van der Waals surface area contributed by atoms with Crippen LogP contribution in [0.5, 0.6) is 11.5 Å². The molecular formula is C27H26N6O7S. The van der Waals surface area contributed by atoms with E-state index in [0.717, 1.165) is 37.8 Å². The second-order valence-corrected chi connectivity index (χ2v) is 11.6. The summed E-state index contributed by atoms with van der Waals surface area (Å²) in [7, 11) is -4.45. The van der Waals surface area contributed by atoms with Crippen LogP contribution in [-0.2, 0) is 14.8 Å². The van der Waals surface area contributed by atoms with Gasteiger partial charge in [0.05, 0.1) is 40.8 Å². The van der Waals surface area contributed by atoms with Crippen molar-refractivity contribution in [2.75, 3.05) is 38.2 Å². The summed E-state index contributed by atoms with van der Waals surface area (Å²) in [5, 5.41) is 15.6. The molecule has 41 heavy (non-hydrogen) atoms. The summed E-state index contributed by atoms with van der Waals surface area (Å²) in [5.41, 5.74) is 0.428. The lowest BCUT2D eigenvalue weighted by Gasteiger charge is -2.47. The summed E-state index contributed by atoms with van der Waals surface area (Å²) >= 11 is 0. The summed E-state index contributed by atoms with van der Waals surface area (Å²) in [4.78, 5) is 33.3. The minimum absolute atomic E-state index is 0.0407. The Morgan fingerprint density at radius 1 is 1.17 bits per heavy atom. The van der Waals surface area contributed by atoms with Gasteiger partial charge in [-0.25, -0.2) is 18.1 Å². The van der Waals surface area contributed by atoms with Gasteiger partial charge in [0.1, 0.15) is 22.8 Å². The SMILES string of the molecule is O=C(NS(=O)(=O)c1ccc(NCC2CN(C3COC3)C2)c([N+](=O)[O-])c1)c1ccccc1Oc1cnc2[nH]ccc2c1. The number of aromatic nitrogens is 2. The average Bonchev–Trinajstić information content (AvgIpc) is 3.36. The first-order valence-electron chi connectivity index (χ1n) is 12.9. The lowest BCUT2D eigenvalue weighted by atomic mass is 9.96. The van der Waals surface area contributed by atoms with Crippen molar-refractivity contribution in [2.24, 2.45) is 5.92 Å². The summed E-state index contributed by atoms with van der Waals surface area (Å²) in [6.45, 7) is 3.72. The highest BCUT2D eigenvalue weighted by Gasteiger charge is 2.36. The number of rotatable bonds is 10. The molecule has 0 radical (unpaired) electrons. The van der Waals surface area contributed by atoms with Crippen LogP contribution < -0.4 is 14.8 Å². The Morgan fingerprint density at radius 3 is 2.73 bits per heavy atom. The summed E-state index contributed by atoms with van der Waals surface area (Å²) in [6.07, 6.45) is 3.21. The highest BCUT2D eigenvalue weighted by molar-refractivity contribution is 7.90. The molecule has 2 saturated heterocycles. The van der Waals surface area contributed by atoms with Crippen LogP contribution in [0.25, 0.3) is 11.0 Å². The summed E-state index contributed by atoms with van der Waals surface area (Å²) in [5.74, 6) is -0.166. The van der Waals surface area contributed by atoms with Crippen molar-refractivity contribution in [3.8, 4) is 11.5 Å². The zero-order chi connectivity index (χ0) is 28.6. The van der Waals surface area contributed by atoms with E-state index in [0.29, 0.717) is 29.9 Å². The maximum absolute atomic E-state index is 13.1. The first-order valence-corrected chi connectivity index (χ1v) is 14.4. The number of sulfonamides is 1. The van der Waals surface area contributed by atoms with Crippen LogP contribution in [0, 0.1) is 16.0 Å². The molecule has 1 amide bonds. The molecular weight excluding hydrogens is 552 g/mol. The number of carbonyl (C=O) groups is 1. The normalized spacial score (nSPS) is 16.1. The smallest absolute Gasteiger partial charge is 0.293 e. The molecule has 4 aromatic rings. The standard InChI is InChI=1S/C27H26N6O7S/c34-27(22-3-1-2-4-25(22)40-20-9-18-7-8-28-26(18)30-12-20)31-41(37,38)21-5-6-23(24(10-21)33(35)36)29-11-17-13-32(14-17)19-15-39-16-19/h1-10,12,17,19,29H,11,13-16H2,(H,28,30)(H,31,34). The van der Waals surface area contributed by atoms with Gasteiger partial charge in [-0.2, -0.15) is 0 Å². The van der Waals surface area contributed by atoms with Gasteiger partial charge in [-0.3, -0.25) is 19.8 Å². The zero-order valence-corrected chi connectivity index (χ0v) is 22.5. The van der Waals surface area contributed by atoms with Crippen molar-refractivity contribution < 1.29 is 27.6 Å². The van der Waals surface area contributed by atoms with E-state index in [1.165, 1.54) is 30.5 Å². The number of nitrogens with zero attached hydrogens (tertiary/aromatic N) is 3. The molecule has 2 aliphatic heterocycles. The zero-order valence-electron chi connectivity index (χ0n) is 21.6. The van der Waals surface area contributed by atoms with E-state index in [2.05, 4.69) is 20.2 Å². The summed E-state index contributed by atoms with van der Waals surface area (Å²) in [6, 6.07) is 13.6. The van der Waals surface area contributed by atoms with E-state index in [-0.39, 0.29) is 17.0 Å². The second kappa shape index (κ2) is 10.8. The number of nitro benzene ring substituents is 1. The first kappa shape index (κ1) is 26.7. The van der Waals surface area contributed by atoms with Crippen LogP contribution in [0.4, 0.5) is 11.4 Å². The third-order valence-electron chi connectivity index (χ3n) is 7.14. The van der Waals surface area contributed by atoms with Gasteiger partial charge in [0, 0.05) is 43.2 Å². The van der Waals surface area contributed by atoms with E-state index in [1.807, 2.05) is 10.8 Å². The Kier molecular flexibility index (Phi) is 7.03. The van der Waals surface area contributed by atoms with Crippen LogP contribution >= 0.6 is 0 Å². The molecule has 2 fully saturated rings. The number of H-pyrrole nitrogens is 1. The highest BCUT2D eigenvalue weighted by Crippen LogP contribution is 2.31. The quantitative estimate of drug-likeness (QED) is 0.188. The number of hydrogen-bond acceptors (Lipinski definition) is 10. The van der Waals surface area contributed by atoms with E-state index in [1.54, 1.807) is 24.4 Å². The molecule has 6 rings (SSSR count).